The fraction of sp³-hybridized carbons (Fsp3) is 0.250. The molecule has 1 unspecified atom stereocenters. The van der Waals surface area contributed by atoms with Crippen LogP contribution in [0.3, 0.4) is 0 Å². The van der Waals surface area contributed by atoms with Crippen molar-refractivity contribution in [3.8, 4) is 5.75 Å². The molecule has 1 N–H and O–H groups in total. The van der Waals surface area contributed by atoms with Crippen molar-refractivity contribution in [3.05, 3.63) is 52.8 Å². The van der Waals surface area contributed by atoms with Crippen LogP contribution in [0.1, 0.15) is 18.0 Å². The van der Waals surface area contributed by atoms with Gasteiger partial charge in [-0.2, -0.15) is 0 Å². The van der Waals surface area contributed by atoms with Crippen LogP contribution in [0.4, 0.5) is 10.1 Å². The molecule has 2 nitrogen and oxygen atoms in total. The number of ether oxygens (including phenoxy) is 1. The number of anilines is 1. The third kappa shape index (κ3) is 2.97. The van der Waals surface area contributed by atoms with Crippen LogP contribution < -0.4 is 10.1 Å². The second kappa shape index (κ2) is 6.16. The van der Waals surface area contributed by atoms with E-state index in [1.165, 1.54) is 6.07 Å². The Morgan fingerprint density at radius 1 is 1.33 bits per heavy atom. The second-order valence-corrected chi connectivity index (χ2v) is 6.35. The summed E-state index contributed by atoms with van der Waals surface area (Å²) in [6.45, 7) is 0. The van der Waals surface area contributed by atoms with Gasteiger partial charge in [0.1, 0.15) is 11.6 Å². The number of methoxy groups -OCH3 is 1. The molecular formula is C16H15ClFNOS. The molecule has 1 aliphatic heterocycles. The molecule has 3 rings (SSSR count). The SMILES string of the molecule is COc1ccc(NC2CCSc3c(F)cccc32)cc1Cl. The maximum atomic E-state index is 13.9. The molecule has 0 spiro atoms. The van der Waals surface area contributed by atoms with E-state index in [1.54, 1.807) is 24.9 Å². The lowest BCUT2D eigenvalue weighted by atomic mass is 10.0. The van der Waals surface area contributed by atoms with Gasteiger partial charge < -0.3 is 10.1 Å². The highest BCUT2D eigenvalue weighted by Gasteiger charge is 2.23. The molecule has 21 heavy (non-hydrogen) atoms. The highest BCUT2D eigenvalue weighted by molar-refractivity contribution is 7.99. The minimum atomic E-state index is -0.142. The maximum absolute atomic E-state index is 13.9. The second-order valence-electron chi connectivity index (χ2n) is 4.84. The predicted molar refractivity (Wildman–Crippen MR) is 86.1 cm³/mol. The summed E-state index contributed by atoms with van der Waals surface area (Å²) in [5.41, 5.74) is 1.92. The Labute approximate surface area is 132 Å². The quantitative estimate of drug-likeness (QED) is 0.845. The molecule has 0 aliphatic carbocycles. The summed E-state index contributed by atoms with van der Waals surface area (Å²) in [4.78, 5) is 0.751. The maximum Gasteiger partial charge on any atom is 0.137 e. The molecule has 1 atom stereocenters. The normalized spacial score (nSPS) is 17.2. The molecule has 0 fully saturated rings. The van der Waals surface area contributed by atoms with Crippen molar-refractivity contribution in [1.29, 1.82) is 0 Å². The molecule has 5 heteroatoms. The summed E-state index contributed by atoms with van der Waals surface area (Å²) < 4.78 is 19.0. The first-order chi connectivity index (χ1) is 10.2. The van der Waals surface area contributed by atoms with Gasteiger partial charge >= 0.3 is 0 Å². The highest BCUT2D eigenvalue weighted by Crippen LogP contribution is 2.40. The van der Waals surface area contributed by atoms with Crippen LogP contribution in [-0.4, -0.2) is 12.9 Å². The van der Waals surface area contributed by atoms with Gasteiger partial charge in [-0.05, 0) is 36.2 Å². The van der Waals surface area contributed by atoms with Crippen LogP contribution >= 0.6 is 23.4 Å². The van der Waals surface area contributed by atoms with E-state index in [0.717, 1.165) is 28.3 Å². The number of hydrogen-bond acceptors (Lipinski definition) is 3. The molecule has 1 aliphatic rings. The van der Waals surface area contributed by atoms with Crippen LogP contribution in [0.5, 0.6) is 5.75 Å². The van der Waals surface area contributed by atoms with E-state index < -0.39 is 0 Å². The van der Waals surface area contributed by atoms with E-state index in [1.807, 2.05) is 24.3 Å². The van der Waals surface area contributed by atoms with Crippen LogP contribution in [-0.2, 0) is 0 Å². The molecule has 110 valence electrons. The van der Waals surface area contributed by atoms with Crippen molar-refractivity contribution in [1.82, 2.24) is 0 Å². The summed E-state index contributed by atoms with van der Waals surface area (Å²) in [5, 5.41) is 4.00. The van der Waals surface area contributed by atoms with Gasteiger partial charge in [0, 0.05) is 16.3 Å². The minimum absolute atomic E-state index is 0.0985. The molecular weight excluding hydrogens is 309 g/mol. The van der Waals surface area contributed by atoms with Crippen LogP contribution in [0.25, 0.3) is 0 Å². The Hall–Kier alpha value is -1.39. The first-order valence-electron chi connectivity index (χ1n) is 6.70. The van der Waals surface area contributed by atoms with Gasteiger partial charge in [-0.15, -0.1) is 11.8 Å². The van der Waals surface area contributed by atoms with E-state index in [9.17, 15) is 4.39 Å². The molecule has 2 aromatic carbocycles. The largest absolute Gasteiger partial charge is 0.495 e. The lowest BCUT2D eigenvalue weighted by Gasteiger charge is -2.27. The number of rotatable bonds is 3. The van der Waals surface area contributed by atoms with Crippen molar-refractivity contribution in [2.24, 2.45) is 0 Å². The highest BCUT2D eigenvalue weighted by atomic mass is 35.5. The Morgan fingerprint density at radius 3 is 2.95 bits per heavy atom. The Bertz CT molecular complexity index is 665. The Kier molecular flexibility index (Phi) is 4.27. The zero-order valence-electron chi connectivity index (χ0n) is 11.5. The lowest BCUT2D eigenvalue weighted by Crippen LogP contribution is -2.16. The van der Waals surface area contributed by atoms with Gasteiger partial charge in [-0.3, -0.25) is 0 Å². The van der Waals surface area contributed by atoms with Gasteiger partial charge in [0.25, 0.3) is 0 Å². The van der Waals surface area contributed by atoms with E-state index in [4.69, 9.17) is 16.3 Å². The Morgan fingerprint density at radius 2 is 2.19 bits per heavy atom. The average molecular weight is 324 g/mol. The van der Waals surface area contributed by atoms with Crippen molar-refractivity contribution in [2.75, 3.05) is 18.2 Å². The number of benzene rings is 2. The monoisotopic (exact) mass is 323 g/mol. The third-order valence-electron chi connectivity index (χ3n) is 3.52. The van der Waals surface area contributed by atoms with Crippen molar-refractivity contribution < 1.29 is 9.13 Å². The van der Waals surface area contributed by atoms with E-state index >= 15 is 0 Å². The number of fused-ring (bicyclic) bond motifs is 1. The molecule has 0 amide bonds. The molecule has 0 radical (unpaired) electrons. The van der Waals surface area contributed by atoms with Gasteiger partial charge in [0.2, 0.25) is 0 Å². The van der Waals surface area contributed by atoms with Crippen LogP contribution in [0, 0.1) is 5.82 Å². The van der Waals surface area contributed by atoms with E-state index in [0.29, 0.717) is 10.8 Å². The van der Waals surface area contributed by atoms with Gasteiger partial charge in [0.15, 0.2) is 0 Å². The first-order valence-corrected chi connectivity index (χ1v) is 8.06. The fourth-order valence-electron chi connectivity index (χ4n) is 2.49. The molecule has 2 aromatic rings. The summed E-state index contributed by atoms with van der Waals surface area (Å²) in [6, 6.07) is 10.9. The minimum Gasteiger partial charge on any atom is -0.495 e. The van der Waals surface area contributed by atoms with Crippen LogP contribution in [0.2, 0.25) is 5.02 Å². The number of halogens is 2. The molecule has 0 bridgehead atoms. The van der Waals surface area contributed by atoms with Crippen molar-refractivity contribution in [2.45, 2.75) is 17.4 Å². The van der Waals surface area contributed by atoms with Crippen LogP contribution in [0.15, 0.2) is 41.3 Å². The zero-order chi connectivity index (χ0) is 14.8. The summed E-state index contributed by atoms with van der Waals surface area (Å²) in [5.74, 6) is 1.40. The van der Waals surface area contributed by atoms with Gasteiger partial charge in [-0.1, -0.05) is 23.7 Å². The fourth-order valence-corrected chi connectivity index (χ4v) is 3.89. The molecule has 0 saturated carbocycles. The number of hydrogen-bond donors (Lipinski definition) is 1. The third-order valence-corrected chi connectivity index (χ3v) is 4.97. The van der Waals surface area contributed by atoms with E-state index in [-0.39, 0.29) is 11.9 Å². The van der Waals surface area contributed by atoms with Gasteiger partial charge in [-0.25, -0.2) is 4.39 Å². The predicted octanol–water partition coefficient (Wildman–Crippen LogP) is 5.14. The zero-order valence-corrected chi connectivity index (χ0v) is 13.1. The smallest absolute Gasteiger partial charge is 0.137 e. The number of thioether (sulfide) groups is 1. The lowest BCUT2D eigenvalue weighted by molar-refractivity contribution is 0.415. The van der Waals surface area contributed by atoms with Crippen molar-refractivity contribution >= 4 is 29.1 Å². The van der Waals surface area contributed by atoms with E-state index in [2.05, 4.69) is 5.32 Å². The number of nitrogens with one attached hydrogen (secondary N) is 1. The Balaban J connectivity index is 1.87. The molecule has 0 saturated heterocycles. The van der Waals surface area contributed by atoms with Gasteiger partial charge in [0.05, 0.1) is 18.2 Å². The molecule has 0 aromatic heterocycles. The average Bonchev–Trinajstić information content (AvgIpc) is 2.49. The summed E-state index contributed by atoms with van der Waals surface area (Å²) in [6.07, 6.45) is 0.949. The first kappa shape index (κ1) is 14.5. The summed E-state index contributed by atoms with van der Waals surface area (Å²) in [7, 11) is 1.59. The topological polar surface area (TPSA) is 21.3 Å². The molecule has 1 heterocycles. The van der Waals surface area contributed by atoms with Crippen molar-refractivity contribution in [3.63, 3.8) is 0 Å². The summed E-state index contributed by atoms with van der Waals surface area (Å²) >= 11 is 7.72. The standard InChI is InChI=1S/C16H15ClFNOS/c1-20-15-6-5-10(9-12(15)17)19-14-7-8-21-16-11(14)3-2-4-13(16)18/h2-6,9,14,19H,7-8H2,1H3.